The number of benzene rings is 1. The van der Waals surface area contributed by atoms with E-state index in [-0.39, 0.29) is 14.9 Å². The normalized spacial score (nSPS) is 23.5. The number of sulfonamides is 1. The van der Waals surface area contributed by atoms with Crippen LogP contribution in [0.25, 0.3) is 0 Å². The molecule has 1 saturated heterocycles. The van der Waals surface area contributed by atoms with Crippen molar-refractivity contribution < 1.29 is 31.8 Å². The van der Waals surface area contributed by atoms with E-state index in [1.807, 2.05) is 0 Å². The number of hydrogen-bond donors (Lipinski definition) is 2. The van der Waals surface area contributed by atoms with Crippen LogP contribution in [0.5, 0.6) is 0 Å². The molecule has 1 fully saturated rings. The molecule has 0 bridgehead atoms. The molecule has 1 aromatic rings. The largest absolute Gasteiger partial charge is 0.480 e. The second-order valence-corrected chi connectivity index (χ2v) is 10.1. The van der Waals surface area contributed by atoms with Gasteiger partial charge in [0.15, 0.2) is 9.84 Å². The number of aliphatic carboxylic acids is 1. The number of halogens is 2. The third-order valence-corrected chi connectivity index (χ3v) is 7.76. The summed E-state index contributed by atoms with van der Waals surface area (Å²) in [5.41, 5.74) is 0. The van der Waals surface area contributed by atoms with Crippen LogP contribution in [-0.4, -0.2) is 67.5 Å². The molecule has 24 heavy (non-hydrogen) atoms. The van der Waals surface area contributed by atoms with Gasteiger partial charge < -0.3 is 10.2 Å². The van der Waals surface area contributed by atoms with E-state index in [0.717, 1.165) is 12.1 Å². The maximum Gasteiger partial charge on any atom is 0.318 e. The van der Waals surface area contributed by atoms with Crippen LogP contribution in [0.15, 0.2) is 23.1 Å². The lowest BCUT2D eigenvalue weighted by Gasteiger charge is -2.27. The van der Waals surface area contributed by atoms with Crippen LogP contribution in [0.2, 0.25) is 10.0 Å². The Balaban J connectivity index is 2.50. The van der Waals surface area contributed by atoms with Gasteiger partial charge in [0.25, 0.3) is 0 Å². The fourth-order valence-electron chi connectivity index (χ4n) is 2.37. The highest BCUT2D eigenvalue weighted by atomic mass is 35.5. The molecule has 1 aliphatic heterocycles. The fraction of sp³-hybridized carbons (Fsp3) is 0.417. The predicted octanol–water partition coefficient (Wildman–Crippen LogP) is 0.227. The number of rotatable bonds is 5. The molecule has 0 spiro atoms. The number of nitrogens with zero attached hydrogens (tertiary/aromatic N) is 1. The summed E-state index contributed by atoms with van der Waals surface area (Å²) in [6.07, 6.45) is -1.52. The summed E-state index contributed by atoms with van der Waals surface area (Å²) in [6.45, 7) is -1.00. The molecular weight excluding hydrogens is 405 g/mol. The zero-order chi connectivity index (χ0) is 18.3. The van der Waals surface area contributed by atoms with Gasteiger partial charge >= 0.3 is 5.97 Å². The summed E-state index contributed by atoms with van der Waals surface area (Å²) in [4.78, 5) is 10.7. The highest BCUT2D eigenvalue weighted by Crippen LogP contribution is 2.29. The van der Waals surface area contributed by atoms with Crippen LogP contribution in [0.1, 0.15) is 0 Å². The van der Waals surface area contributed by atoms with Gasteiger partial charge in [-0.3, -0.25) is 4.79 Å². The molecular formula is C12H13Cl2NO7S2. The topological polar surface area (TPSA) is 129 Å². The van der Waals surface area contributed by atoms with Gasteiger partial charge in [0, 0.05) is 0 Å². The van der Waals surface area contributed by atoms with E-state index >= 15 is 0 Å². The van der Waals surface area contributed by atoms with E-state index < -0.39 is 56.0 Å². The Morgan fingerprint density at radius 1 is 1.25 bits per heavy atom. The van der Waals surface area contributed by atoms with Gasteiger partial charge in [-0.25, -0.2) is 16.8 Å². The lowest BCUT2D eigenvalue weighted by atomic mass is 10.2. The van der Waals surface area contributed by atoms with Crippen molar-refractivity contribution in [1.29, 1.82) is 0 Å². The van der Waals surface area contributed by atoms with E-state index in [4.69, 9.17) is 28.3 Å². The quantitative estimate of drug-likeness (QED) is 0.700. The zero-order valence-electron chi connectivity index (χ0n) is 12.0. The Morgan fingerprint density at radius 3 is 2.33 bits per heavy atom. The van der Waals surface area contributed by atoms with Gasteiger partial charge in [0.1, 0.15) is 6.54 Å². The molecule has 1 aliphatic rings. The third-order valence-electron chi connectivity index (χ3n) is 3.45. The van der Waals surface area contributed by atoms with Crippen molar-refractivity contribution >= 4 is 49.0 Å². The van der Waals surface area contributed by atoms with Crippen molar-refractivity contribution in [3.63, 3.8) is 0 Å². The smallest absolute Gasteiger partial charge is 0.318 e. The number of carboxylic acids is 1. The molecule has 2 atom stereocenters. The van der Waals surface area contributed by atoms with Crippen LogP contribution >= 0.6 is 23.2 Å². The molecule has 12 heteroatoms. The first kappa shape index (κ1) is 19.4. The van der Waals surface area contributed by atoms with Crippen molar-refractivity contribution in [2.45, 2.75) is 17.0 Å². The SMILES string of the molecule is O=C(O)CN([C@H]1CS(=O)(=O)C[C@H]1O)S(=O)(=O)c1ccc(Cl)c(Cl)c1. The molecule has 0 aromatic heterocycles. The molecule has 8 nitrogen and oxygen atoms in total. The monoisotopic (exact) mass is 417 g/mol. The Kier molecular flexibility index (Phi) is 5.48. The predicted molar refractivity (Wildman–Crippen MR) is 86.4 cm³/mol. The van der Waals surface area contributed by atoms with Crippen LogP contribution in [0.3, 0.4) is 0 Å². The zero-order valence-corrected chi connectivity index (χ0v) is 15.1. The molecule has 1 aromatic carbocycles. The first-order chi connectivity index (χ1) is 10.9. The lowest BCUT2D eigenvalue weighted by Crippen LogP contribution is -2.48. The van der Waals surface area contributed by atoms with Crippen LogP contribution < -0.4 is 0 Å². The summed E-state index contributed by atoms with van der Waals surface area (Å²) < 4.78 is 49.2. The number of aliphatic hydroxyl groups excluding tert-OH is 1. The summed E-state index contributed by atoms with van der Waals surface area (Å²) in [5.74, 6) is -2.79. The summed E-state index contributed by atoms with van der Waals surface area (Å²) in [7, 11) is -8.10. The Bertz CT molecular complexity index is 869. The molecule has 0 amide bonds. The second kappa shape index (κ2) is 6.77. The molecule has 2 rings (SSSR count). The highest BCUT2D eigenvalue weighted by molar-refractivity contribution is 7.92. The summed E-state index contributed by atoms with van der Waals surface area (Å²) in [6, 6.07) is 1.97. The van der Waals surface area contributed by atoms with Crippen LogP contribution in [-0.2, 0) is 24.7 Å². The first-order valence-corrected chi connectivity index (χ1v) is 10.5. The molecule has 0 saturated carbocycles. The molecule has 0 unspecified atom stereocenters. The maximum atomic E-state index is 12.7. The van der Waals surface area contributed by atoms with Crippen molar-refractivity contribution in [1.82, 2.24) is 4.31 Å². The minimum Gasteiger partial charge on any atom is -0.480 e. The third kappa shape index (κ3) is 4.01. The minimum atomic E-state index is -4.42. The summed E-state index contributed by atoms with van der Waals surface area (Å²) in [5, 5.41) is 18.9. The van der Waals surface area contributed by atoms with E-state index in [1.54, 1.807) is 0 Å². The Hall–Kier alpha value is -0.910. The van der Waals surface area contributed by atoms with Crippen molar-refractivity contribution in [2.75, 3.05) is 18.1 Å². The van der Waals surface area contributed by atoms with E-state index in [9.17, 15) is 26.7 Å². The lowest BCUT2D eigenvalue weighted by molar-refractivity contribution is -0.137. The number of aliphatic hydroxyl groups is 1. The van der Waals surface area contributed by atoms with Gasteiger partial charge in [-0.15, -0.1) is 0 Å². The Labute approximate surface area is 148 Å². The standard InChI is InChI=1S/C12H13Cl2NO7S2/c13-8-2-1-7(3-9(8)14)24(21,22)15(4-12(17)18)10-5-23(19,20)6-11(10)16/h1-3,10-11,16H,4-6H2,(H,17,18)/t10-,11+/m0/s1. The first-order valence-electron chi connectivity index (χ1n) is 6.51. The minimum absolute atomic E-state index is 0.0624. The van der Waals surface area contributed by atoms with E-state index in [0.29, 0.717) is 4.31 Å². The highest BCUT2D eigenvalue weighted by Gasteiger charge is 2.45. The van der Waals surface area contributed by atoms with E-state index in [1.165, 1.54) is 6.07 Å². The molecule has 1 heterocycles. The number of carboxylic acid groups (broad SMARTS) is 1. The van der Waals surface area contributed by atoms with Gasteiger partial charge in [-0.2, -0.15) is 4.31 Å². The van der Waals surface area contributed by atoms with Crippen LogP contribution in [0.4, 0.5) is 0 Å². The average Bonchev–Trinajstić information content (AvgIpc) is 2.71. The van der Waals surface area contributed by atoms with Crippen molar-refractivity contribution in [3.05, 3.63) is 28.2 Å². The molecule has 0 aliphatic carbocycles. The van der Waals surface area contributed by atoms with Crippen LogP contribution in [0, 0.1) is 0 Å². The number of hydrogen-bond acceptors (Lipinski definition) is 6. The molecule has 0 radical (unpaired) electrons. The van der Waals surface area contributed by atoms with Gasteiger partial charge in [0.2, 0.25) is 10.0 Å². The Morgan fingerprint density at radius 2 is 1.88 bits per heavy atom. The van der Waals surface area contributed by atoms with Gasteiger partial charge in [-0.1, -0.05) is 23.2 Å². The van der Waals surface area contributed by atoms with Crippen molar-refractivity contribution in [3.8, 4) is 0 Å². The van der Waals surface area contributed by atoms with Gasteiger partial charge in [0.05, 0.1) is 38.6 Å². The second-order valence-electron chi connectivity index (χ2n) is 5.23. The average molecular weight is 418 g/mol. The number of sulfone groups is 1. The summed E-state index contributed by atoms with van der Waals surface area (Å²) >= 11 is 11.5. The number of carbonyl (C=O) groups is 1. The molecule has 134 valence electrons. The fourth-order valence-corrected chi connectivity index (χ4v) is 6.26. The van der Waals surface area contributed by atoms with Crippen molar-refractivity contribution in [2.24, 2.45) is 0 Å². The maximum absolute atomic E-state index is 12.7. The molecule has 2 N–H and O–H groups in total. The van der Waals surface area contributed by atoms with E-state index in [2.05, 4.69) is 0 Å². The van der Waals surface area contributed by atoms with Gasteiger partial charge in [-0.05, 0) is 18.2 Å².